The quantitative estimate of drug-likeness (QED) is 0.708. The molecule has 1 rings (SSSR count). The van der Waals surface area contributed by atoms with E-state index in [4.69, 9.17) is 14.6 Å². The van der Waals surface area contributed by atoms with Crippen molar-refractivity contribution in [3.63, 3.8) is 0 Å². The number of benzene rings is 1. The monoisotopic (exact) mass is 303 g/mol. The van der Waals surface area contributed by atoms with Crippen molar-refractivity contribution in [3.8, 4) is 0 Å². The van der Waals surface area contributed by atoms with Crippen LogP contribution in [0, 0.1) is 11.6 Å². The van der Waals surface area contributed by atoms with Crippen LogP contribution in [-0.2, 0) is 9.47 Å². The number of rotatable bonds is 9. The molecule has 0 bridgehead atoms. The van der Waals surface area contributed by atoms with Crippen molar-refractivity contribution in [1.29, 1.82) is 0 Å². The van der Waals surface area contributed by atoms with E-state index >= 15 is 0 Å². The Morgan fingerprint density at radius 1 is 1.14 bits per heavy atom. The fourth-order valence-corrected chi connectivity index (χ4v) is 1.93. The second-order valence-electron chi connectivity index (χ2n) is 4.42. The molecular weight excluding hydrogens is 284 g/mol. The van der Waals surface area contributed by atoms with Crippen molar-refractivity contribution in [1.82, 2.24) is 0 Å². The van der Waals surface area contributed by atoms with Gasteiger partial charge in [-0.3, -0.25) is 0 Å². The van der Waals surface area contributed by atoms with Gasteiger partial charge in [-0.25, -0.2) is 13.6 Å². The molecule has 0 aromatic heterocycles. The lowest BCUT2D eigenvalue weighted by Gasteiger charge is -2.25. The third kappa shape index (κ3) is 4.95. The molecule has 0 aliphatic carbocycles. The van der Waals surface area contributed by atoms with Gasteiger partial charge >= 0.3 is 5.97 Å². The summed E-state index contributed by atoms with van der Waals surface area (Å²) < 4.78 is 37.9. The van der Waals surface area contributed by atoms with E-state index in [9.17, 15) is 13.6 Å². The highest BCUT2D eigenvalue weighted by Gasteiger charge is 2.19. The van der Waals surface area contributed by atoms with Crippen molar-refractivity contribution in [2.45, 2.75) is 6.42 Å². The van der Waals surface area contributed by atoms with Gasteiger partial charge in [-0.2, -0.15) is 0 Å². The fourth-order valence-electron chi connectivity index (χ4n) is 1.93. The number of hydrogen-bond acceptors (Lipinski definition) is 4. The Labute approximate surface area is 122 Å². The summed E-state index contributed by atoms with van der Waals surface area (Å²) in [6.45, 7) is 1.42. The zero-order valence-corrected chi connectivity index (χ0v) is 12.1. The van der Waals surface area contributed by atoms with Crippen LogP contribution in [0.1, 0.15) is 16.8 Å². The molecule has 1 aromatic rings. The molecular formula is C14H19F2NO4. The molecule has 0 aliphatic rings. The lowest BCUT2D eigenvalue weighted by molar-refractivity contribution is 0.0695. The lowest BCUT2D eigenvalue weighted by Crippen LogP contribution is -2.31. The summed E-state index contributed by atoms with van der Waals surface area (Å²) in [5.41, 5.74) is -0.662. The number of carboxylic acids is 1. The molecule has 5 nitrogen and oxygen atoms in total. The van der Waals surface area contributed by atoms with Gasteiger partial charge in [0, 0.05) is 33.9 Å². The lowest BCUT2D eigenvalue weighted by atomic mass is 10.1. The molecule has 0 unspecified atom stereocenters. The Bertz CT molecular complexity index is 459. The van der Waals surface area contributed by atoms with Gasteiger partial charge in [0.1, 0.15) is 17.3 Å². The van der Waals surface area contributed by atoms with E-state index in [2.05, 4.69) is 0 Å². The third-order valence-electron chi connectivity index (χ3n) is 2.92. The van der Waals surface area contributed by atoms with Gasteiger partial charge in [0.25, 0.3) is 0 Å². The van der Waals surface area contributed by atoms with E-state index in [0.717, 1.165) is 12.1 Å². The van der Waals surface area contributed by atoms with Gasteiger partial charge in [0.2, 0.25) is 0 Å². The standard InChI is InChI=1S/C14H19F2NO4/c1-20-6-3-4-17(5-7-21-2)13-11(15)8-10(14(18)19)9-12(13)16/h8-9H,3-7H2,1-2H3,(H,18,19). The molecule has 0 atom stereocenters. The van der Waals surface area contributed by atoms with Crippen LogP contribution in [0.2, 0.25) is 0 Å². The fraction of sp³-hybridized carbons (Fsp3) is 0.500. The molecule has 0 saturated carbocycles. The number of hydrogen-bond donors (Lipinski definition) is 1. The van der Waals surface area contributed by atoms with E-state index in [0.29, 0.717) is 32.7 Å². The van der Waals surface area contributed by atoms with E-state index in [-0.39, 0.29) is 5.69 Å². The van der Waals surface area contributed by atoms with E-state index in [1.54, 1.807) is 7.11 Å². The minimum absolute atomic E-state index is 0.242. The minimum atomic E-state index is -1.37. The van der Waals surface area contributed by atoms with Gasteiger partial charge in [0.15, 0.2) is 0 Å². The summed E-state index contributed by atoms with van der Waals surface area (Å²) in [5.74, 6) is -3.18. The van der Waals surface area contributed by atoms with E-state index < -0.39 is 23.2 Å². The van der Waals surface area contributed by atoms with Crippen LogP contribution < -0.4 is 4.90 Å². The smallest absolute Gasteiger partial charge is 0.335 e. The predicted molar refractivity (Wildman–Crippen MR) is 73.9 cm³/mol. The Morgan fingerprint density at radius 3 is 2.19 bits per heavy atom. The molecule has 0 saturated heterocycles. The number of nitrogens with zero attached hydrogens (tertiary/aromatic N) is 1. The first-order valence-electron chi connectivity index (χ1n) is 6.46. The number of aromatic carboxylic acids is 1. The summed E-state index contributed by atoms with van der Waals surface area (Å²) in [5, 5.41) is 8.79. The highest BCUT2D eigenvalue weighted by atomic mass is 19.1. The first kappa shape index (κ1) is 17.3. The van der Waals surface area contributed by atoms with Crippen LogP contribution in [-0.4, -0.2) is 51.6 Å². The number of anilines is 1. The Balaban J connectivity index is 3.02. The van der Waals surface area contributed by atoms with Gasteiger partial charge in [-0.1, -0.05) is 0 Å². The molecule has 0 spiro atoms. The van der Waals surface area contributed by atoms with Crippen molar-refractivity contribution in [3.05, 3.63) is 29.3 Å². The second-order valence-corrected chi connectivity index (χ2v) is 4.42. The van der Waals surface area contributed by atoms with Crippen LogP contribution in [0.3, 0.4) is 0 Å². The molecule has 0 heterocycles. The summed E-state index contributed by atoms with van der Waals surface area (Å²) in [6.07, 6.45) is 0.583. The Kier molecular flexibility index (Phi) is 7.04. The van der Waals surface area contributed by atoms with Crippen molar-refractivity contribution in [2.24, 2.45) is 0 Å². The summed E-state index contributed by atoms with van der Waals surface area (Å²) in [6, 6.07) is 1.63. The average Bonchev–Trinajstić information content (AvgIpc) is 2.43. The van der Waals surface area contributed by atoms with Gasteiger partial charge in [-0.15, -0.1) is 0 Å². The third-order valence-corrected chi connectivity index (χ3v) is 2.92. The summed E-state index contributed by atoms with van der Waals surface area (Å²) in [4.78, 5) is 12.3. The summed E-state index contributed by atoms with van der Waals surface area (Å²) >= 11 is 0. The van der Waals surface area contributed by atoms with Crippen LogP contribution in [0.15, 0.2) is 12.1 Å². The van der Waals surface area contributed by atoms with Crippen LogP contribution >= 0.6 is 0 Å². The molecule has 0 amide bonds. The normalized spacial score (nSPS) is 10.7. The van der Waals surface area contributed by atoms with Crippen LogP contribution in [0.4, 0.5) is 14.5 Å². The first-order chi connectivity index (χ1) is 10.0. The Morgan fingerprint density at radius 2 is 1.71 bits per heavy atom. The van der Waals surface area contributed by atoms with Gasteiger partial charge < -0.3 is 19.5 Å². The van der Waals surface area contributed by atoms with Gasteiger partial charge in [-0.05, 0) is 18.6 Å². The Hall–Kier alpha value is -1.73. The zero-order valence-electron chi connectivity index (χ0n) is 12.1. The van der Waals surface area contributed by atoms with E-state index in [1.807, 2.05) is 0 Å². The summed E-state index contributed by atoms with van der Waals surface area (Å²) in [7, 11) is 3.04. The molecule has 1 aromatic carbocycles. The molecule has 118 valence electrons. The number of carbonyl (C=O) groups is 1. The van der Waals surface area contributed by atoms with Gasteiger partial charge in [0.05, 0.1) is 12.2 Å². The highest BCUT2D eigenvalue weighted by molar-refractivity contribution is 5.88. The van der Waals surface area contributed by atoms with Crippen molar-refractivity contribution in [2.75, 3.05) is 45.4 Å². The molecule has 21 heavy (non-hydrogen) atoms. The zero-order chi connectivity index (χ0) is 15.8. The number of carboxylic acid groups (broad SMARTS) is 1. The van der Waals surface area contributed by atoms with Crippen molar-refractivity contribution >= 4 is 11.7 Å². The molecule has 7 heteroatoms. The van der Waals surface area contributed by atoms with Crippen molar-refractivity contribution < 1.29 is 28.2 Å². The topological polar surface area (TPSA) is 59.0 Å². The molecule has 0 fully saturated rings. The van der Waals surface area contributed by atoms with E-state index in [1.165, 1.54) is 12.0 Å². The minimum Gasteiger partial charge on any atom is -0.478 e. The molecule has 0 radical (unpaired) electrons. The number of halogens is 2. The van der Waals surface area contributed by atoms with Crippen LogP contribution in [0.25, 0.3) is 0 Å². The predicted octanol–water partition coefficient (Wildman–Crippen LogP) is 2.15. The number of ether oxygens (including phenoxy) is 2. The first-order valence-corrected chi connectivity index (χ1v) is 6.46. The molecule has 0 aliphatic heterocycles. The second kappa shape index (κ2) is 8.53. The maximum atomic E-state index is 14.0. The SMILES string of the molecule is COCCCN(CCOC)c1c(F)cc(C(=O)O)cc1F. The van der Waals surface area contributed by atoms with Crippen LogP contribution in [0.5, 0.6) is 0 Å². The maximum absolute atomic E-state index is 14.0. The average molecular weight is 303 g/mol. The molecule has 1 N–H and O–H groups in total. The highest BCUT2D eigenvalue weighted by Crippen LogP contribution is 2.25. The number of methoxy groups -OCH3 is 2. The largest absolute Gasteiger partial charge is 0.478 e. The maximum Gasteiger partial charge on any atom is 0.335 e.